The number of anilines is 1. The number of rotatable bonds is 7. The van der Waals surface area contributed by atoms with Crippen LogP contribution in [0.2, 0.25) is 0 Å². The molecule has 0 aliphatic heterocycles. The molecule has 11 heteroatoms. The maximum atomic E-state index is 12.1. The summed E-state index contributed by atoms with van der Waals surface area (Å²) < 4.78 is 8.03. The summed E-state index contributed by atoms with van der Waals surface area (Å²) in [5, 5.41) is 21.8. The monoisotopic (exact) mass is 571 g/mol. The van der Waals surface area contributed by atoms with Crippen LogP contribution >= 0.6 is 0 Å². The number of methoxy groups -OCH3 is 1. The molecule has 0 bridgehead atoms. The van der Waals surface area contributed by atoms with Gasteiger partial charge in [-0.05, 0) is 36.6 Å². The second kappa shape index (κ2) is 11.1. The molecule has 212 valence electrons. The van der Waals surface area contributed by atoms with Crippen LogP contribution in [0.25, 0.3) is 44.7 Å². The van der Waals surface area contributed by atoms with Gasteiger partial charge in [-0.25, -0.2) is 14.2 Å². The molecule has 1 amide bonds. The predicted octanol–water partition coefficient (Wildman–Crippen LogP) is 5.28. The number of esters is 1. The zero-order valence-electron chi connectivity index (χ0n) is 23.5. The molecule has 2 aromatic heterocycles. The third-order valence-electron chi connectivity index (χ3n) is 6.96. The number of nitrogens with one attached hydrogen (secondary N) is 1. The van der Waals surface area contributed by atoms with E-state index >= 15 is 0 Å². The van der Waals surface area contributed by atoms with Crippen LogP contribution in [0.3, 0.4) is 0 Å². The van der Waals surface area contributed by atoms with Gasteiger partial charge in [-0.2, -0.15) is 0 Å². The van der Waals surface area contributed by atoms with Crippen LogP contribution in [0.5, 0.6) is 0 Å². The van der Waals surface area contributed by atoms with Crippen molar-refractivity contribution >= 4 is 34.1 Å². The molecule has 0 spiro atoms. The molecule has 0 saturated carbocycles. The molecule has 0 aliphatic rings. The van der Waals surface area contributed by atoms with Gasteiger partial charge in [-0.3, -0.25) is 9.59 Å². The SMILES string of the molecule is COC(=O)c1ccc(NC(C)=O)c(-n2cc(-c3ccc(-c4cn(-c5cccc6c(C(C)=O)cccc56)nn4)cc3)nn2)c1. The summed E-state index contributed by atoms with van der Waals surface area (Å²) in [6, 6.07) is 23.8. The highest BCUT2D eigenvalue weighted by Gasteiger charge is 2.16. The van der Waals surface area contributed by atoms with Gasteiger partial charge in [-0.15, -0.1) is 10.2 Å². The van der Waals surface area contributed by atoms with Crippen LogP contribution in [0, 0.1) is 0 Å². The average molecular weight is 572 g/mol. The minimum Gasteiger partial charge on any atom is -0.465 e. The molecule has 4 aromatic carbocycles. The van der Waals surface area contributed by atoms with E-state index in [1.165, 1.54) is 18.7 Å². The van der Waals surface area contributed by atoms with E-state index in [4.69, 9.17) is 4.74 Å². The number of nitrogens with zero attached hydrogens (tertiary/aromatic N) is 6. The Morgan fingerprint density at radius 3 is 1.93 bits per heavy atom. The number of benzene rings is 4. The van der Waals surface area contributed by atoms with Gasteiger partial charge in [0.1, 0.15) is 11.4 Å². The van der Waals surface area contributed by atoms with Crippen LogP contribution in [0.4, 0.5) is 5.69 Å². The fourth-order valence-electron chi connectivity index (χ4n) is 4.90. The molecule has 0 unspecified atom stereocenters. The van der Waals surface area contributed by atoms with Crippen molar-refractivity contribution in [1.82, 2.24) is 30.0 Å². The van der Waals surface area contributed by atoms with Crippen molar-refractivity contribution in [2.45, 2.75) is 13.8 Å². The van der Waals surface area contributed by atoms with Crippen LogP contribution in [-0.2, 0) is 9.53 Å². The van der Waals surface area contributed by atoms with E-state index in [0.717, 1.165) is 27.6 Å². The fraction of sp³-hybridized carbons (Fsp3) is 0.0938. The fourth-order valence-corrected chi connectivity index (χ4v) is 4.90. The predicted molar refractivity (Wildman–Crippen MR) is 160 cm³/mol. The Kier molecular flexibility index (Phi) is 7.04. The zero-order chi connectivity index (χ0) is 30.1. The van der Waals surface area contributed by atoms with Crippen molar-refractivity contribution in [2.24, 2.45) is 0 Å². The van der Waals surface area contributed by atoms with Gasteiger partial charge in [0.2, 0.25) is 5.91 Å². The van der Waals surface area contributed by atoms with Crippen LogP contribution in [0.1, 0.15) is 34.6 Å². The summed E-state index contributed by atoms with van der Waals surface area (Å²) in [6.07, 6.45) is 3.56. The smallest absolute Gasteiger partial charge is 0.337 e. The largest absolute Gasteiger partial charge is 0.465 e. The molecule has 0 radical (unpaired) electrons. The lowest BCUT2D eigenvalue weighted by molar-refractivity contribution is -0.114. The molecular formula is C32H25N7O4. The Hall–Kier alpha value is -5.97. The third-order valence-corrected chi connectivity index (χ3v) is 6.96. The van der Waals surface area contributed by atoms with Crippen molar-refractivity contribution in [3.05, 3.63) is 102 Å². The van der Waals surface area contributed by atoms with E-state index in [-0.39, 0.29) is 11.7 Å². The number of carbonyl (C=O) groups is 3. The summed E-state index contributed by atoms with van der Waals surface area (Å²) >= 11 is 0. The molecule has 0 atom stereocenters. The number of carbonyl (C=O) groups excluding carboxylic acids is 3. The lowest BCUT2D eigenvalue weighted by atomic mass is 10.0. The molecule has 6 aromatic rings. The van der Waals surface area contributed by atoms with Crippen molar-refractivity contribution < 1.29 is 19.1 Å². The Bertz CT molecular complexity index is 2030. The average Bonchev–Trinajstić information content (AvgIpc) is 3.71. The number of hydrogen-bond acceptors (Lipinski definition) is 8. The second-order valence-corrected chi connectivity index (χ2v) is 9.81. The number of fused-ring (bicyclic) bond motifs is 1. The number of ketones is 1. The molecule has 0 aliphatic carbocycles. The molecule has 11 nitrogen and oxygen atoms in total. The number of aromatic nitrogens is 6. The number of hydrogen-bond donors (Lipinski definition) is 1. The number of ether oxygens (including phenoxy) is 1. The van der Waals surface area contributed by atoms with E-state index in [0.29, 0.717) is 33.9 Å². The minimum atomic E-state index is -0.509. The van der Waals surface area contributed by atoms with Gasteiger partial charge in [0, 0.05) is 29.0 Å². The van der Waals surface area contributed by atoms with Crippen molar-refractivity contribution in [2.75, 3.05) is 12.4 Å². The van der Waals surface area contributed by atoms with Gasteiger partial charge in [-0.1, -0.05) is 65.0 Å². The highest BCUT2D eigenvalue weighted by Crippen LogP contribution is 2.28. The molecule has 43 heavy (non-hydrogen) atoms. The van der Waals surface area contributed by atoms with Gasteiger partial charge >= 0.3 is 5.97 Å². The summed E-state index contributed by atoms with van der Waals surface area (Å²) in [6.45, 7) is 2.96. The van der Waals surface area contributed by atoms with Crippen LogP contribution < -0.4 is 5.32 Å². The van der Waals surface area contributed by atoms with Crippen molar-refractivity contribution in [3.63, 3.8) is 0 Å². The summed E-state index contributed by atoms with van der Waals surface area (Å²) in [5.41, 5.74) is 5.65. The quantitative estimate of drug-likeness (QED) is 0.202. The zero-order valence-corrected chi connectivity index (χ0v) is 23.5. The van der Waals surface area contributed by atoms with Crippen LogP contribution in [0.15, 0.2) is 91.3 Å². The summed E-state index contributed by atoms with van der Waals surface area (Å²) in [4.78, 5) is 36.0. The van der Waals surface area contributed by atoms with E-state index in [2.05, 4.69) is 25.9 Å². The molecule has 1 N–H and O–H groups in total. The highest BCUT2D eigenvalue weighted by atomic mass is 16.5. The first kappa shape index (κ1) is 27.2. The van der Waals surface area contributed by atoms with Gasteiger partial charge in [0.25, 0.3) is 0 Å². The Balaban J connectivity index is 1.28. The molecule has 0 fully saturated rings. The Labute approximate surface area is 245 Å². The first-order valence-electron chi connectivity index (χ1n) is 13.3. The number of Topliss-reactive ketones (excluding diaryl/α,β-unsaturated/α-hetero) is 1. The summed E-state index contributed by atoms with van der Waals surface area (Å²) in [5.74, 6) is -0.768. The molecule has 0 saturated heterocycles. The molecular weight excluding hydrogens is 546 g/mol. The third kappa shape index (κ3) is 5.26. The standard InChI is InChI=1S/C32H25N7O4/c1-19(40)24-6-4-8-26-25(24)7-5-9-30(26)38-17-28(34-36-38)21-10-12-22(13-11-21)29-18-39(37-35-29)31-16-23(32(42)43-3)14-15-27(31)33-20(2)41/h4-18H,1-3H3,(H,33,41). The van der Waals surface area contributed by atoms with E-state index < -0.39 is 5.97 Å². The first-order chi connectivity index (χ1) is 20.8. The molecule has 2 heterocycles. The van der Waals surface area contributed by atoms with Crippen molar-refractivity contribution in [1.29, 1.82) is 0 Å². The maximum absolute atomic E-state index is 12.1. The van der Waals surface area contributed by atoms with Gasteiger partial charge in [0.15, 0.2) is 5.78 Å². The van der Waals surface area contributed by atoms with Crippen LogP contribution in [-0.4, -0.2) is 54.8 Å². The van der Waals surface area contributed by atoms with Gasteiger partial charge in [0.05, 0.1) is 42.1 Å². The van der Waals surface area contributed by atoms with Gasteiger partial charge < -0.3 is 10.1 Å². The normalized spacial score (nSPS) is 11.0. The Morgan fingerprint density at radius 2 is 1.33 bits per heavy atom. The van der Waals surface area contributed by atoms with E-state index in [1.54, 1.807) is 36.0 Å². The summed E-state index contributed by atoms with van der Waals surface area (Å²) in [7, 11) is 1.30. The molecule has 6 rings (SSSR count). The van der Waals surface area contributed by atoms with Crippen molar-refractivity contribution in [3.8, 4) is 33.9 Å². The minimum absolute atomic E-state index is 0.00466. The lowest BCUT2D eigenvalue weighted by Gasteiger charge is -2.11. The van der Waals surface area contributed by atoms with E-state index in [1.807, 2.05) is 66.9 Å². The Morgan fingerprint density at radius 1 is 0.721 bits per heavy atom. The lowest BCUT2D eigenvalue weighted by Crippen LogP contribution is -2.11. The van der Waals surface area contributed by atoms with E-state index in [9.17, 15) is 14.4 Å². The first-order valence-corrected chi connectivity index (χ1v) is 13.3. The highest BCUT2D eigenvalue weighted by molar-refractivity contribution is 6.08. The maximum Gasteiger partial charge on any atom is 0.337 e. The number of amides is 1. The second-order valence-electron chi connectivity index (χ2n) is 9.81. The topological polar surface area (TPSA) is 134 Å².